The summed E-state index contributed by atoms with van der Waals surface area (Å²) in [5.74, 6) is 1.96. The van der Waals surface area contributed by atoms with Gasteiger partial charge in [-0.1, -0.05) is 29.0 Å². The fraction of sp³-hybridized carbons (Fsp3) is 0.421. The molecular formula is C19H20ClN7O2S. The normalized spacial score (nSPS) is 20.0. The van der Waals surface area contributed by atoms with Crippen molar-refractivity contribution in [3.8, 4) is 10.7 Å². The van der Waals surface area contributed by atoms with E-state index in [0.29, 0.717) is 17.7 Å². The summed E-state index contributed by atoms with van der Waals surface area (Å²) in [6.07, 6.45) is 2.10. The van der Waals surface area contributed by atoms with Gasteiger partial charge in [-0.15, -0.1) is 10.2 Å². The van der Waals surface area contributed by atoms with E-state index in [1.165, 1.54) is 16.0 Å². The third-order valence-electron chi connectivity index (χ3n) is 5.49. The predicted octanol–water partition coefficient (Wildman–Crippen LogP) is 2.28. The second-order valence-electron chi connectivity index (χ2n) is 7.45. The summed E-state index contributed by atoms with van der Waals surface area (Å²) in [4.78, 5) is 28.2. The van der Waals surface area contributed by atoms with Gasteiger partial charge in [-0.25, -0.2) is 4.98 Å². The first kappa shape index (κ1) is 20.5. The number of thiazole rings is 1. The Kier molecular flexibility index (Phi) is 5.80. The topological polar surface area (TPSA) is 97.1 Å². The minimum atomic E-state index is 0.250. The SMILES string of the molecule is Cc1ccc(Cl)cc1N1CC2CN(c3ncc(-c4nnn(C)n4)s3)CC2C1.O=C=O. The minimum Gasteiger partial charge on any atom is -0.371 e. The Morgan fingerprint density at radius 2 is 1.80 bits per heavy atom. The van der Waals surface area contributed by atoms with Crippen molar-refractivity contribution in [3.63, 3.8) is 0 Å². The average Bonchev–Trinajstić information content (AvgIpc) is 3.46. The van der Waals surface area contributed by atoms with Gasteiger partial charge in [0.05, 0.1) is 18.1 Å². The van der Waals surface area contributed by atoms with Crippen molar-refractivity contribution in [2.75, 3.05) is 36.0 Å². The van der Waals surface area contributed by atoms with Crippen LogP contribution >= 0.6 is 22.9 Å². The zero-order valence-corrected chi connectivity index (χ0v) is 18.1. The summed E-state index contributed by atoms with van der Waals surface area (Å²) < 4.78 is 0. The maximum absolute atomic E-state index is 8.12. The van der Waals surface area contributed by atoms with E-state index in [2.05, 4.69) is 49.3 Å². The van der Waals surface area contributed by atoms with Crippen LogP contribution in [0.5, 0.6) is 0 Å². The van der Waals surface area contributed by atoms with E-state index in [-0.39, 0.29) is 6.15 Å². The molecule has 2 aliphatic rings. The number of hydrogen-bond donors (Lipinski definition) is 0. The van der Waals surface area contributed by atoms with Crippen molar-refractivity contribution in [2.24, 2.45) is 18.9 Å². The van der Waals surface area contributed by atoms with Crippen LogP contribution in [-0.2, 0) is 16.6 Å². The van der Waals surface area contributed by atoms with Crippen molar-refractivity contribution < 1.29 is 9.59 Å². The number of aryl methyl sites for hydroxylation is 2. The van der Waals surface area contributed by atoms with Crippen molar-refractivity contribution in [1.29, 1.82) is 0 Å². The number of carbonyl (C=O) groups excluding carboxylic acids is 2. The summed E-state index contributed by atoms with van der Waals surface area (Å²) in [6.45, 7) is 6.39. The maximum Gasteiger partial charge on any atom is 0.373 e. The predicted molar refractivity (Wildman–Crippen MR) is 113 cm³/mol. The first-order valence-corrected chi connectivity index (χ1v) is 10.6. The van der Waals surface area contributed by atoms with Crippen LogP contribution in [0.3, 0.4) is 0 Å². The summed E-state index contributed by atoms with van der Waals surface area (Å²) in [6, 6.07) is 6.16. The molecule has 2 fully saturated rings. The van der Waals surface area contributed by atoms with Crippen LogP contribution in [0.4, 0.5) is 10.8 Å². The van der Waals surface area contributed by atoms with Crippen molar-refractivity contribution in [1.82, 2.24) is 25.2 Å². The Morgan fingerprint density at radius 1 is 1.13 bits per heavy atom. The number of tetrazole rings is 1. The Balaban J connectivity index is 0.000000687. The first-order chi connectivity index (χ1) is 14.5. The number of rotatable bonds is 3. The molecule has 0 bridgehead atoms. The van der Waals surface area contributed by atoms with E-state index < -0.39 is 0 Å². The van der Waals surface area contributed by atoms with Crippen molar-refractivity contribution in [3.05, 3.63) is 35.0 Å². The Labute approximate surface area is 182 Å². The Hall–Kier alpha value is -2.81. The molecule has 2 aliphatic heterocycles. The van der Waals surface area contributed by atoms with Gasteiger partial charge in [0.1, 0.15) is 0 Å². The van der Waals surface area contributed by atoms with Crippen LogP contribution in [0, 0.1) is 18.8 Å². The number of hydrogen-bond acceptors (Lipinski definition) is 9. The van der Waals surface area contributed by atoms with Crippen LogP contribution in [-0.4, -0.2) is 57.5 Å². The molecule has 2 unspecified atom stereocenters. The lowest BCUT2D eigenvalue weighted by Crippen LogP contribution is -2.29. The first-order valence-electron chi connectivity index (χ1n) is 9.44. The van der Waals surface area contributed by atoms with E-state index in [9.17, 15) is 0 Å². The average molecular weight is 446 g/mol. The lowest BCUT2D eigenvalue weighted by atomic mass is 10.0. The second-order valence-corrected chi connectivity index (χ2v) is 8.90. The van der Waals surface area contributed by atoms with Crippen molar-refractivity contribution >= 4 is 39.9 Å². The summed E-state index contributed by atoms with van der Waals surface area (Å²) in [5.41, 5.74) is 2.56. The monoisotopic (exact) mass is 445 g/mol. The molecule has 11 heteroatoms. The molecule has 1 aromatic carbocycles. The zero-order chi connectivity index (χ0) is 21.3. The van der Waals surface area contributed by atoms with Crippen LogP contribution in [0.25, 0.3) is 10.7 Å². The highest BCUT2D eigenvalue weighted by atomic mass is 35.5. The molecule has 4 heterocycles. The fourth-order valence-electron chi connectivity index (χ4n) is 4.17. The maximum atomic E-state index is 8.12. The smallest absolute Gasteiger partial charge is 0.371 e. The molecule has 3 aromatic rings. The molecule has 0 amide bonds. The van der Waals surface area contributed by atoms with E-state index in [1.807, 2.05) is 12.3 Å². The van der Waals surface area contributed by atoms with Gasteiger partial charge in [-0.05, 0) is 29.8 Å². The summed E-state index contributed by atoms with van der Waals surface area (Å²) in [5, 5.41) is 14.1. The number of anilines is 2. The highest BCUT2D eigenvalue weighted by molar-refractivity contribution is 7.18. The molecule has 2 aromatic heterocycles. The third-order valence-corrected chi connectivity index (χ3v) is 6.78. The number of aromatic nitrogens is 5. The van der Waals surface area contributed by atoms with Crippen LogP contribution in [0.1, 0.15) is 5.56 Å². The molecule has 0 saturated carbocycles. The van der Waals surface area contributed by atoms with Crippen LogP contribution < -0.4 is 9.80 Å². The van der Waals surface area contributed by atoms with Gasteiger partial charge in [-0.3, -0.25) is 0 Å². The number of nitrogens with zero attached hydrogens (tertiary/aromatic N) is 7. The Morgan fingerprint density at radius 3 is 2.43 bits per heavy atom. The van der Waals surface area contributed by atoms with E-state index in [4.69, 9.17) is 21.2 Å². The minimum absolute atomic E-state index is 0.250. The van der Waals surface area contributed by atoms with Gasteiger partial charge in [0.25, 0.3) is 0 Å². The van der Waals surface area contributed by atoms with E-state index >= 15 is 0 Å². The van der Waals surface area contributed by atoms with Crippen LogP contribution in [0.2, 0.25) is 5.02 Å². The third kappa shape index (κ3) is 4.07. The van der Waals surface area contributed by atoms with Gasteiger partial charge in [-0.2, -0.15) is 14.4 Å². The standard InChI is InChI=1S/C18H20ClN7S.CO2/c1-11-3-4-14(19)5-15(11)25-7-12-9-26(10-13(12)8-25)18-20-6-16(27-18)17-21-23-24(2)22-17;2-1-3/h3-6,12-13H,7-10H2,1-2H3;. The van der Waals surface area contributed by atoms with Gasteiger partial charge in [0.2, 0.25) is 5.82 Å². The largest absolute Gasteiger partial charge is 0.373 e. The molecule has 156 valence electrons. The number of halogens is 1. The lowest BCUT2D eigenvalue weighted by Gasteiger charge is -2.24. The molecule has 5 rings (SSSR count). The summed E-state index contributed by atoms with van der Waals surface area (Å²) >= 11 is 7.86. The van der Waals surface area contributed by atoms with Crippen LogP contribution in [0.15, 0.2) is 24.4 Å². The zero-order valence-electron chi connectivity index (χ0n) is 16.5. The number of fused-ring (bicyclic) bond motifs is 1. The van der Waals surface area contributed by atoms with E-state index in [1.54, 1.807) is 18.4 Å². The van der Waals surface area contributed by atoms with Gasteiger partial charge >= 0.3 is 6.15 Å². The molecule has 0 N–H and O–H groups in total. The van der Waals surface area contributed by atoms with Gasteiger partial charge < -0.3 is 9.80 Å². The molecule has 2 atom stereocenters. The molecular weight excluding hydrogens is 426 g/mol. The fourth-order valence-corrected chi connectivity index (χ4v) is 5.19. The Bertz CT molecular complexity index is 1060. The van der Waals surface area contributed by atoms with E-state index in [0.717, 1.165) is 41.2 Å². The molecule has 0 spiro atoms. The highest BCUT2D eigenvalue weighted by Gasteiger charge is 2.41. The quantitative estimate of drug-likeness (QED) is 0.605. The molecule has 2 saturated heterocycles. The molecule has 30 heavy (non-hydrogen) atoms. The number of benzene rings is 1. The second kappa shape index (κ2) is 8.51. The van der Waals surface area contributed by atoms with Gasteiger partial charge in [0.15, 0.2) is 5.13 Å². The molecule has 0 radical (unpaired) electrons. The van der Waals surface area contributed by atoms with Gasteiger partial charge in [0, 0.05) is 48.7 Å². The summed E-state index contributed by atoms with van der Waals surface area (Å²) in [7, 11) is 1.77. The lowest BCUT2D eigenvalue weighted by molar-refractivity contribution is -0.191. The molecule has 0 aliphatic carbocycles. The highest BCUT2D eigenvalue weighted by Crippen LogP contribution is 2.39. The molecule has 9 nitrogen and oxygen atoms in total. The van der Waals surface area contributed by atoms with Crippen molar-refractivity contribution in [2.45, 2.75) is 6.92 Å².